The highest BCUT2D eigenvalue weighted by atomic mass is 35.5. The molecule has 142 valence electrons. The van der Waals surface area contributed by atoms with Crippen LogP contribution in [0.3, 0.4) is 0 Å². The van der Waals surface area contributed by atoms with Gasteiger partial charge in [-0.1, -0.05) is 29.8 Å². The van der Waals surface area contributed by atoms with Crippen LogP contribution in [-0.2, 0) is 9.53 Å². The number of halogens is 1. The van der Waals surface area contributed by atoms with Crippen molar-refractivity contribution in [1.82, 2.24) is 0 Å². The van der Waals surface area contributed by atoms with E-state index in [2.05, 4.69) is 0 Å². The number of Topliss-reactive ketones (excluding diaryl/α,β-unsaturated/α-hetero) is 1. The van der Waals surface area contributed by atoms with Crippen LogP contribution >= 0.6 is 11.6 Å². The lowest BCUT2D eigenvalue weighted by atomic mass is 10.1. The molecule has 0 aliphatic rings. The zero-order valence-electron chi connectivity index (χ0n) is 15.4. The van der Waals surface area contributed by atoms with Gasteiger partial charge in [-0.2, -0.15) is 0 Å². The summed E-state index contributed by atoms with van der Waals surface area (Å²) in [7, 11) is 1.52. The van der Waals surface area contributed by atoms with Crippen molar-refractivity contribution in [3.63, 3.8) is 0 Å². The van der Waals surface area contributed by atoms with Crippen LogP contribution in [0.15, 0.2) is 48.5 Å². The number of allylic oxidation sites excluding steroid dienone is 1. The number of carbonyl (C=O) groups is 2. The van der Waals surface area contributed by atoms with Crippen molar-refractivity contribution in [2.75, 3.05) is 13.7 Å². The maximum atomic E-state index is 12.3. The maximum absolute atomic E-state index is 12.3. The highest BCUT2D eigenvalue weighted by Gasteiger charge is 2.20. The van der Waals surface area contributed by atoms with Crippen LogP contribution < -0.4 is 9.47 Å². The third-order valence-corrected chi connectivity index (χ3v) is 3.95. The molecule has 0 amide bonds. The molecule has 2 rings (SSSR count). The lowest BCUT2D eigenvalue weighted by molar-refractivity contribution is -0.148. The van der Waals surface area contributed by atoms with Crippen molar-refractivity contribution in [2.24, 2.45) is 0 Å². The SMILES string of the molecule is C/C=C/c1ccc(OCC(=O)O[C@@H](C)C(=O)c2ccc(Cl)cc2)c(OC)c1. The molecule has 1 atom stereocenters. The molecule has 0 radical (unpaired) electrons. The lowest BCUT2D eigenvalue weighted by Gasteiger charge is -2.14. The average molecular weight is 389 g/mol. The van der Waals surface area contributed by atoms with E-state index in [9.17, 15) is 9.59 Å². The molecule has 0 saturated heterocycles. The molecular formula is C21H21ClO5. The third kappa shape index (κ3) is 5.86. The zero-order valence-corrected chi connectivity index (χ0v) is 16.2. The van der Waals surface area contributed by atoms with Gasteiger partial charge in [-0.25, -0.2) is 4.79 Å². The fourth-order valence-corrected chi connectivity index (χ4v) is 2.50. The smallest absolute Gasteiger partial charge is 0.344 e. The largest absolute Gasteiger partial charge is 0.493 e. The number of rotatable bonds is 8. The summed E-state index contributed by atoms with van der Waals surface area (Å²) in [6.07, 6.45) is 2.90. The Kier molecular flexibility index (Phi) is 7.44. The number of benzene rings is 2. The Labute approximate surface area is 163 Å². The van der Waals surface area contributed by atoms with Gasteiger partial charge in [0.15, 0.2) is 24.2 Å². The summed E-state index contributed by atoms with van der Waals surface area (Å²) < 4.78 is 15.9. The molecule has 5 nitrogen and oxygen atoms in total. The maximum Gasteiger partial charge on any atom is 0.344 e. The average Bonchev–Trinajstić information content (AvgIpc) is 2.67. The minimum Gasteiger partial charge on any atom is -0.493 e. The molecule has 0 aliphatic carbocycles. The van der Waals surface area contributed by atoms with Gasteiger partial charge in [-0.15, -0.1) is 0 Å². The van der Waals surface area contributed by atoms with E-state index in [1.165, 1.54) is 14.0 Å². The van der Waals surface area contributed by atoms with Crippen LogP contribution in [0.5, 0.6) is 11.5 Å². The van der Waals surface area contributed by atoms with Crippen molar-refractivity contribution in [3.05, 3.63) is 64.7 Å². The minimum atomic E-state index is -0.929. The summed E-state index contributed by atoms with van der Waals surface area (Å²) in [4.78, 5) is 24.3. The minimum absolute atomic E-state index is 0.312. The Balaban J connectivity index is 1.93. The van der Waals surface area contributed by atoms with E-state index in [0.29, 0.717) is 22.1 Å². The monoisotopic (exact) mass is 388 g/mol. The molecule has 6 heteroatoms. The van der Waals surface area contributed by atoms with Crippen molar-refractivity contribution >= 4 is 29.4 Å². The lowest BCUT2D eigenvalue weighted by Crippen LogP contribution is -2.27. The van der Waals surface area contributed by atoms with E-state index in [4.69, 9.17) is 25.8 Å². The van der Waals surface area contributed by atoms with E-state index < -0.39 is 12.1 Å². The van der Waals surface area contributed by atoms with E-state index in [-0.39, 0.29) is 12.4 Å². The first-order valence-corrected chi connectivity index (χ1v) is 8.75. The second kappa shape index (κ2) is 9.78. The highest BCUT2D eigenvalue weighted by molar-refractivity contribution is 6.30. The predicted octanol–water partition coefficient (Wildman–Crippen LogP) is 4.58. The van der Waals surface area contributed by atoms with Gasteiger partial charge in [0.05, 0.1) is 7.11 Å². The molecule has 0 bridgehead atoms. The van der Waals surface area contributed by atoms with Crippen LogP contribution in [0.1, 0.15) is 29.8 Å². The number of ketones is 1. The van der Waals surface area contributed by atoms with Crippen molar-refractivity contribution < 1.29 is 23.8 Å². The number of carbonyl (C=O) groups excluding carboxylic acids is 2. The summed E-state index contributed by atoms with van der Waals surface area (Å²) in [6, 6.07) is 11.7. The molecule has 2 aromatic carbocycles. The van der Waals surface area contributed by atoms with Crippen molar-refractivity contribution in [1.29, 1.82) is 0 Å². The molecule has 2 aromatic rings. The van der Waals surface area contributed by atoms with Gasteiger partial charge in [0, 0.05) is 10.6 Å². The Morgan fingerprint density at radius 3 is 2.44 bits per heavy atom. The first-order chi connectivity index (χ1) is 12.9. The predicted molar refractivity (Wildman–Crippen MR) is 105 cm³/mol. The number of methoxy groups -OCH3 is 1. The number of ether oxygens (including phenoxy) is 3. The van der Waals surface area contributed by atoms with E-state index in [0.717, 1.165) is 5.56 Å². The van der Waals surface area contributed by atoms with Gasteiger partial charge < -0.3 is 14.2 Å². The molecule has 0 unspecified atom stereocenters. The molecule has 0 heterocycles. The molecule has 27 heavy (non-hydrogen) atoms. The number of esters is 1. The second-order valence-corrected chi connectivity index (χ2v) is 6.14. The summed E-state index contributed by atoms with van der Waals surface area (Å²) in [5.74, 6) is -0.0410. The van der Waals surface area contributed by atoms with Crippen LogP contribution in [0.25, 0.3) is 6.08 Å². The van der Waals surface area contributed by atoms with E-state index >= 15 is 0 Å². The van der Waals surface area contributed by atoms with Crippen molar-refractivity contribution in [2.45, 2.75) is 20.0 Å². The van der Waals surface area contributed by atoms with Crippen LogP contribution in [0.4, 0.5) is 0 Å². The van der Waals surface area contributed by atoms with Gasteiger partial charge in [-0.3, -0.25) is 4.79 Å². The summed E-state index contributed by atoms with van der Waals surface area (Å²) in [5, 5.41) is 0.527. The van der Waals surface area contributed by atoms with Crippen molar-refractivity contribution in [3.8, 4) is 11.5 Å². The number of hydrogen-bond donors (Lipinski definition) is 0. The number of hydrogen-bond acceptors (Lipinski definition) is 5. The van der Waals surface area contributed by atoms with Gasteiger partial charge >= 0.3 is 5.97 Å². The zero-order chi connectivity index (χ0) is 19.8. The first kappa shape index (κ1) is 20.5. The topological polar surface area (TPSA) is 61.8 Å². The second-order valence-electron chi connectivity index (χ2n) is 5.70. The summed E-state index contributed by atoms with van der Waals surface area (Å²) in [5.41, 5.74) is 1.37. The first-order valence-electron chi connectivity index (χ1n) is 8.37. The standard InChI is InChI=1S/C21H21ClO5/c1-4-5-15-6-11-18(19(12-15)25-3)26-13-20(23)27-14(2)21(24)16-7-9-17(22)10-8-16/h4-12,14H,13H2,1-3H3/b5-4+/t14-/m0/s1. The fraction of sp³-hybridized carbons (Fsp3) is 0.238. The van der Waals surface area contributed by atoms with Gasteiger partial charge in [0.2, 0.25) is 5.78 Å². The molecule has 0 spiro atoms. The molecule has 0 aliphatic heterocycles. The molecule has 0 aromatic heterocycles. The van der Waals surface area contributed by atoms with Gasteiger partial charge in [0.25, 0.3) is 0 Å². The third-order valence-electron chi connectivity index (χ3n) is 3.70. The molecular weight excluding hydrogens is 368 g/mol. The normalized spacial score (nSPS) is 11.9. The quantitative estimate of drug-likeness (QED) is 0.489. The molecule has 0 fully saturated rings. The van der Waals surface area contributed by atoms with Crippen LogP contribution in [0, 0.1) is 0 Å². The van der Waals surface area contributed by atoms with Crippen LogP contribution in [0.2, 0.25) is 5.02 Å². The molecule has 0 saturated carbocycles. The highest BCUT2D eigenvalue weighted by Crippen LogP contribution is 2.28. The molecule has 0 N–H and O–H groups in total. The van der Waals surface area contributed by atoms with E-state index in [1.807, 2.05) is 25.1 Å². The Morgan fingerprint density at radius 1 is 1.11 bits per heavy atom. The fourth-order valence-electron chi connectivity index (χ4n) is 2.37. The Morgan fingerprint density at radius 2 is 1.81 bits per heavy atom. The van der Waals surface area contributed by atoms with Gasteiger partial charge in [-0.05, 0) is 55.8 Å². The van der Waals surface area contributed by atoms with Gasteiger partial charge in [0.1, 0.15) is 0 Å². The summed E-state index contributed by atoms with van der Waals surface area (Å²) in [6.45, 7) is 3.10. The Hall–Kier alpha value is -2.79. The Bertz CT molecular complexity index is 827. The van der Waals surface area contributed by atoms with Crippen LogP contribution in [-0.4, -0.2) is 31.6 Å². The van der Waals surface area contributed by atoms with E-state index in [1.54, 1.807) is 36.4 Å². The summed E-state index contributed by atoms with van der Waals surface area (Å²) >= 11 is 5.80.